The Hall–Kier alpha value is -3.32. The molecule has 0 radical (unpaired) electrons. The highest BCUT2D eigenvalue weighted by Gasteiger charge is 2.38. The normalized spacial score (nSPS) is 14.3. The molecule has 1 heteroatoms. The quantitative estimate of drug-likeness (QED) is 0.282. The molecular weight excluding hydrogens is 364 g/mol. The second kappa shape index (κ2) is 5.86. The summed E-state index contributed by atoms with van der Waals surface area (Å²) in [7, 11) is 0. The first-order chi connectivity index (χ1) is 14.4. The van der Waals surface area contributed by atoms with Gasteiger partial charge in [-0.1, -0.05) is 85.6 Å². The van der Waals surface area contributed by atoms with Crippen LogP contribution in [0.1, 0.15) is 36.1 Å². The van der Waals surface area contributed by atoms with E-state index in [9.17, 15) is 0 Å². The summed E-state index contributed by atoms with van der Waals surface area (Å²) in [5.74, 6) is 0. The largest absolute Gasteiger partial charge is 0.455 e. The number of hydrogen-bond acceptors (Lipinski definition) is 1. The Bertz CT molecular complexity index is 1480. The van der Waals surface area contributed by atoms with Gasteiger partial charge >= 0.3 is 0 Å². The lowest BCUT2D eigenvalue weighted by Crippen LogP contribution is -2.15. The molecular formula is C29H24O. The van der Waals surface area contributed by atoms with Crippen LogP contribution < -0.4 is 0 Å². The number of fused-ring (bicyclic) bond motifs is 7. The van der Waals surface area contributed by atoms with Crippen molar-refractivity contribution < 1.29 is 4.42 Å². The van der Waals surface area contributed by atoms with E-state index in [1.807, 2.05) is 0 Å². The highest BCUT2D eigenvalue weighted by molar-refractivity contribution is 6.18. The van der Waals surface area contributed by atoms with Gasteiger partial charge in [-0.3, -0.25) is 0 Å². The van der Waals surface area contributed by atoms with Gasteiger partial charge in [0.05, 0.1) is 0 Å². The van der Waals surface area contributed by atoms with Gasteiger partial charge in [0.1, 0.15) is 11.2 Å². The van der Waals surface area contributed by atoms with E-state index < -0.39 is 0 Å². The summed E-state index contributed by atoms with van der Waals surface area (Å²) in [4.78, 5) is 0. The third-order valence-electron chi connectivity index (χ3n) is 6.77. The van der Waals surface area contributed by atoms with E-state index in [0.717, 1.165) is 11.2 Å². The minimum absolute atomic E-state index is 0.0537. The molecule has 0 amide bonds. The maximum Gasteiger partial charge on any atom is 0.143 e. The third-order valence-corrected chi connectivity index (χ3v) is 6.77. The van der Waals surface area contributed by atoms with Crippen LogP contribution in [-0.4, -0.2) is 0 Å². The molecule has 0 spiro atoms. The molecule has 0 aliphatic heterocycles. The number of hydrogen-bond donors (Lipinski definition) is 0. The molecule has 0 N–H and O–H groups in total. The van der Waals surface area contributed by atoms with Crippen LogP contribution in [0.4, 0.5) is 0 Å². The van der Waals surface area contributed by atoms with Crippen molar-refractivity contribution in [3.05, 3.63) is 95.1 Å². The average Bonchev–Trinajstić information content (AvgIpc) is 3.21. The summed E-state index contributed by atoms with van der Waals surface area (Å²) < 4.78 is 6.51. The monoisotopic (exact) mass is 388 g/mol. The second-order valence-electron chi connectivity index (χ2n) is 9.19. The third kappa shape index (κ3) is 2.24. The Morgan fingerprint density at radius 3 is 2.33 bits per heavy atom. The van der Waals surface area contributed by atoms with Crippen LogP contribution in [0, 0.1) is 13.8 Å². The van der Waals surface area contributed by atoms with Crippen LogP contribution in [0.15, 0.2) is 77.2 Å². The first-order valence-corrected chi connectivity index (χ1v) is 10.6. The Kier molecular flexibility index (Phi) is 3.42. The van der Waals surface area contributed by atoms with Gasteiger partial charge in [-0.25, -0.2) is 0 Å². The lowest BCUT2D eigenvalue weighted by molar-refractivity contribution is 0.657. The van der Waals surface area contributed by atoms with Crippen molar-refractivity contribution in [2.45, 2.75) is 33.1 Å². The van der Waals surface area contributed by atoms with Crippen LogP contribution in [0.2, 0.25) is 0 Å². The molecule has 0 unspecified atom stereocenters. The van der Waals surface area contributed by atoms with Crippen molar-refractivity contribution in [1.82, 2.24) is 0 Å². The molecule has 0 saturated carbocycles. The zero-order valence-electron chi connectivity index (χ0n) is 17.8. The van der Waals surface area contributed by atoms with Crippen LogP contribution in [0.5, 0.6) is 0 Å². The number of furan rings is 1. The fourth-order valence-corrected chi connectivity index (χ4v) is 5.24. The van der Waals surface area contributed by atoms with Crippen LogP contribution >= 0.6 is 0 Å². The molecule has 1 aromatic heterocycles. The summed E-state index contributed by atoms with van der Waals surface area (Å²) in [6.45, 7) is 9.03. The predicted molar refractivity (Wildman–Crippen MR) is 126 cm³/mol. The van der Waals surface area contributed by atoms with Gasteiger partial charge in [0.2, 0.25) is 0 Å². The molecule has 0 bridgehead atoms. The molecule has 1 heterocycles. The van der Waals surface area contributed by atoms with Crippen molar-refractivity contribution in [3.63, 3.8) is 0 Å². The molecule has 6 rings (SSSR count). The van der Waals surface area contributed by atoms with Gasteiger partial charge in [0.25, 0.3) is 0 Å². The molecule has 5 aromatic rings. The highest BCUT2D eigenvalue weighted by atomic mass is 16.3. The molecule has 0 saturated heterocycles. The minimum atomic E-state index is -0.0537. The number of rotatable bonds is 1. The maximum absolute atomic E-state index is 6.51. The van der Waals surface area contributed by atoms with Crippen molar-refractivity contribution in [3.8, 4) is 22.3 Å². The van der Waals surface area contributed by atoms with E-state index in [0.29, 0.717) is 0 Å². The minimum Gasteiger partial charge on any atom is -0.455 e. The maximum atomic E-state index is 6.51. The molecule has 0 atom stereocenters. The first-order valence-electron chi connectivity index (χ1n) is 10.6. The van der Waals surface area contributed by atoms with Gasteiger partial charge in [0, 0.05) is 21.8 Å². The van der Waals surface area contributed by atoms with Crippen molar-refractivity contribution >= 4 is 21.9 Å². The summed E-state index contributed by atoms with van der Waals surface area (Å²) in [5.41, 5.74) is 12.3. The van der Waals surface area contributed by atoms with Crippen LogP contribution in [-0.2, 0) is 5.41 Å². The van der Waals surface area contributed by atoms with Crippen molar-refractivity contribution in [2.75, 3.05) is 0 Å². The fourth-order valence-electron chi connectivity index (χ4n) is 5.24. The van der Waals surface area contributed by atoms with E-state index in [-0.39, 0.29) is 5.41 Å². The molecule has 146 valence electrons. The number of benzene rings is 4. The van der Waals surface area contributed by atoms with E-state index >= 15 is 0 Å². The van der Waals surface area contributed by atoms with Crippen LogP contribution in [0.25, 0.3) is 44.2 Å². The van der Waals surface area contributed by atoms with Gasteiger partial charge in [0.15, 0.2) is 0 Å². The number of para-hydroxylation sites is 1. The lowest BCUT2D eigenvalue weighted by Gasteiger charge is -2.22. The molecule has 1 aliphatic carbocycles. The zero-order valence-corrected chi connectivity index (χ0v) is 17.8. The van der Waals surface area contributed by atoms with Crippen molar-refractivity contribution in [2.24, 2.45) is 0 Å². The smallest absolute Gasteiger partial charge is 0.143 e. The van der Waals surface area contributed by atoms with E-state index in [1.165, 1.54) is 55.3 Å². The topological polar surface area (TPSA) is 13.1 Å². The average molecular weight is 389 g/mol. The van der Waals surface area contributed by atoms with Gasteiger partial charge in [-0.2, -0.15) is 0 Å². The van der Waals surface area contributed by atoms with Gasteiger partial charge < -0.3 is 4.42 Å². The lowest BCUT2D eigenvalue weighted by atomic mass is 9.80. The Morgan fingerprint density at radius 1 is 0.700 bits per heavy atom. The van der Waals surface area contributed by atoms with E-state index in [4.69, 9.17) is 4.42 Å². The van der Waals surface area contributed by atoms with E-state index in [1.54, 1.807) is 0 Å². The van der Waals surface area contributed by atoms with Gasteiger partial charge in [-0.05, 0) is 53.8 Å². The SMILES string of the molecule is Cc1cccc(-c2cc3c(c4c2oc2ccccc24)-c2ccc(C)cc2C3(C)C)c1. The molecule has 30 heavy (non-hydrogen) atoms. The Morgan fingerprint density at radius 2 is 1.50 bits per heavy atom. The van der Waals surface area contributed by atoms with Crippen molar-refractivity contribution in [1.29, 1.82) is 0 Å². The molecule has 0 fully saturated rings. The molecule has 4 aromatic carbocycles. The highest BCUT2D eigenvalue weighted by Crippen LogP contribution is 2.55. The Balaban J connectivity index is 1.84. The zero-order chi connectivity index (χ0) is 20.6. The standard InChI is InChI=1S/C29H24O/c1-17-8-7-9-19(14-17)22-16-24-26(20-13-12-18(2)15-23(20)29(24,3)4)27-21-10-5-6-11-25(21)30-28(22)27/h5-16H,1-4H3. The first kappa shape index (κ1) is 17.5. The molecule has 1 aliphatic rings. The van der Waals surface area contributed by atoms with E-state index in [2.05, 4.69) is 100 Å². The second-order valence-corrected chi connectivity index (χ2v) is 9.19. The fraction of sp³-hybridized carbons (Fsp3) is 0.172. The molecule has 1 nitrogen and oxygen atoms in total. The summed E-state index contributed by atoms with van der Waals surface area (Å²) in [5, 5.41) is 2.44. The Labute approximate surface area is 177 Å². The van der Waals surface area contributed by atoms with Gasteiger partial charge in [-0.15, -0.1) is 0 Å². The number of aryl methyl sites for hydroxylation is 2. The summed E-state index contributed by atoms with van der Waals surface area (Å²) in [6.07, 6.45) is 0. The predicted octanol–water partition coefficient (Wildman–Crippen LogP) is 8.18. The summed E-state index contributed by atoms with van der Waals surface area (Å²) >= 11 is 0. The summed E-state index contributed by atoms with van der Waals surface area (Å²) in [6, 6.07) is 26.4. The van der Waals surface area contributed by atoms with Crippen LogP contribution in [0.3, 0.4) is 0 Å².